The molecule has 0 radical (unpaired) electrons. The first-order chi connectivity index (χ1) is 5.27. The second-order valence-electron chi connectivity index (χ2n) is 2.50. The van der Waals surface area contributed by atoms with Crippen LogP contribution < -0.4 is 0 Å². The van der Waals surface area contributed by atoms with E-state index >= 15 is 0 Å². The molecule has 1 unspecified atom stereocenters. The number of hydrogen-bond donors (Lipinski definition) is 0. The molecule has 1 heterocycles. The lowest BCUT2D eigenvalue weighted by Gasteiger charge is -2.31. The van der Waals surface area contributed by atoms with Crippen LogP contribution in [0.3, 0.4) is 0 Å². The fraction of sp³-hybridized carbons (Fsp3) is 1.00. The molecule has 0 aromatic heterocycles. The van der Waals surface area contributed by atoms with Crippen molar-refractivity contribution in [2.45, 2.75) is 30.2 Å². The maximum absolute atomic E-state index is 5.41. The van der Waals surface area contributed by atoms with Crippen LogP contribution in [0.4, 0.5) is 0 Å². The number of alkyl halides is 1. The van der Waals surface area contributed by atoms with Gasteiger partial charge in [0.05, 0.1) is 4.83 Å². The molecule has 3 atom stereocenters. The predicted octanol–water partition coefficient (Wildman–Crippen LogP) is 1.51. The molecule has 0 aliphatic carbocycles. The monoisotopic (exact) mass is 224 g/mol. The Hall–Kier alpha value is 0.360. The highest BCUT2D eigenvalue weighted by molar-refractivity contribution is 9.09. The van der Waals surface area contributed by atoms with Gasteiger partial charge in [-0.1, -0.05) is 15.9 Å². The van der Waals surface area contributed by atoms with Gasteiger partial charge in [0, 0.05) is 14.2 Å². The summed E-state index contributed by atoms with van der Waals surface area (Å²) in [5, 5.41) is 0. The van der Waals surface area contributed by atoms with Gasteiger partial charge in [-0.05, 0) is 12.8 Å². The second kappa shape index (κ2) is 4.40. The largest absolute Gasteiger partial charge is 0.356 e. The fourth-order valence-electron chi connectivity index (χ4n) is 1.11. The van der Waals surface area contributed by atoms with E-state index in [1.54, 1.807) is 14.2 Å². The Morgan fingerprint density at radius 3 is 2.55 bits per heavy atom. The van der Waals surface area contributed by atoms with Crippen LogP contribution in [0.2, 0.25) is 0 Å². The fourth-order valence-corrected chi connectivity index (χ4v) is 1.72. The predicted molar refractivity (Wildman–Crippen MR) is 44.6 cm³/mol. The molecule has 0 spiro atoms. The van der Waals surface area contributed by atoms with Gasteiger partial charge < -0.3 is 14.2 Å². The average Bonchev–Trinajstić information content (AvgIpc) is 2.05. The van der Waals surface area contributed by atoms with Crippen molar-refractivity contribution in [2.24, 2.45) is 0 Å². The molecule has 0 aromatic rings. The average molecular weight is 225 g/mol. The van der Waals surface area contributed by atoms with Crippen LogP contribution in [0, 0.1) is 0 Å². The maximum Gasteiger partial charge on any atom is 0.172 e. The van der Waals surface area contributed by atoms with Gasteiger partial charge in [-0.15, -0.1) is 0 Å². The molecule has 66 valence electrons. The van der Waals surface area contributed by atoms with Crippen molar-refractivity contribution in [3.63, 3.8) is 0 Å². The zero-order valence-electron chi connectivity index (χ0n) is 6.75. The summed E-state index contributed by atoms with van der Waals surface area (Å²) in [6.45, 7) is 0. The summed E-state index contributed by atoms with van der Waals surface area (Å²) in [6.07, 6.45) is 1.67. The van der Waals surface area contributed by atoms with E-state index in [0.29, 0.717) is 4.83 Å². The maximum atomic E-state index is 5.41. The number of ether oxygens (including phenoxy) is 3. The van der Waals surface area contributed by atoms with Gasteiger partial charge in [-0.25, -0.2) is 0 Å². The van der Waals surface area contributed by atoms with E-state index in [2.05, 4.69) is 15.9 Å². The van der Waals surface area contributed by atoms with Crippen LogP contribution in [-0.4, -0.2) is 31.6 Å². The molecule has 11 heavy (non-hydrogen) atoms. The molecule has 1 rings (SSSR count). The van der Waals surface area contributed by atoms with E-state index in [4.69, 9.17) is 14.2 Å². The Balaban J connectivity index is 2.37. The van der Waals surface area contributed by atoms with E-state index in [0.717, 1.165) is 12.8 Å². The van der Waals surface area contributed by atoms with Crippen molar-refractivity contribution in [1.82, 2.24) is 0 Å². The number of halogens is 1. The molecule has 1 saturated heterocycles. The minimum Gasteiger partial charge on any atom is -0.356 e. The third kappa shape index (κ3) is 2.40. The molecule has 0 N–H and O–H groups in total. The molecule has 3 nitrogen and oxygen atoms in total. The van der Waals surface area contributed by atoms with Gasteiger partial charge in [0.2, 0.25) is 0 Å². The summed E-state index contributed by atoms with van der Waals surface area (Å²) in [5.74, 6) is 0. The summed E-state index contributed by atoms with van der Waals surface area (Å²) in [5.41, 5.74) is 0. The standard InChI is InChI=1S/C7H13BrO3/c1-9-6-4-3-5(8)7(10-2)11-6/h5-7H,3-4H2,1-2H3/t5-,6?,7+/m0/s1. The molecule has 4 heteroatoms. The molecule has 0 amide bonds. The van der Waals surface area contributed by atoms with Gasteiger partial charge >= 0.3 is 0 Å². The molecule has 0 saturated carbocycles. The Morgan fingerprint density at radius 2 is 2.00 bits per heavy atom. The normalized spacial score (nSPS) is 39.0. The van der Waals surface area contributed by atoms with Crippen LogP contribution in [0.1, 0.15) is 12.8 Å². The summed E-state index contributed by atoms with van der Waals surface area (Å²) in [6, 6.07) is 0. The van der Waals surface area contributed by atoms with E-state index in [1.807, 2.05) is 0 Å². The van der Waals surface area contributed by atoms with Gasteiger partial charge in [-0.3, -0.25) is 0 Å². The minimum atomic E-state index is -0.173. The van der Waals surface area contributed by atoms with Crippen LogP contribution in [-0.2, 0) is 14.2 Å². The van der Waals surface area contributed by atoms with E-state index in [9.17, 15) is 0 Å². The zero-order chi connectivity index (χ0) is 8.27. The Labute approximate surface area is 75.1 Å². The summed E-state index contributed by atoms with van der Waals surface area (Å²) in [4.78, 5) is 0.291. The number of hydrogen-bond acceptors (Lipinski definition) is 3. The Kier molecular flexibility index (Phi) is 3.78. The van der Waals surface area contributed by atoms with Gasteiger partial charge in [0.25, 0.3) is 0 Å². The molecular formula is C7H13BrO3. The Bertz CT molecular complexity index is 120. The SMILES string of the molecule is COC1CC[C@H](Br)[C@H](OC)O1. The number of rotatable bonds is 2. The van der Waals surface area contributed by atoms with Crippen molar-refractivity contribution in [2.75, 3.05) is 14.2 Å². The first kappa shape index (κ1) is 9.45. The molecule has 1 aliphatic rings. The van der Waals surface area contributed by atoms with Crippen LogP contribution in [0.15, 0.2) is 0 Å². The third-order valence-electron chi connectivity index (χ3n) is 1.75. The molecule has 1 aliphatic heterocycles. The van der Waals surface area contributed by atoms with Crippen LogP contribution >= 0.6 is 15.9 Å². The first-order valence-corrected chi connectivity index (χ1v) is 4.54. The van der Waals surface area contributed by atoms with Crippen molar-refractivity contribution in [1.29, 1.82) is 0 Å². The summed E-state index contributed by atoms with van der Waals surface area (Å²) >= 11 is 3.47. The number of methoxy groups -OCH3 is 2. The van der Waals surface area contributed by atoms with Crippen molar-refractivity contribution >= 4 is 15.9 Å². The first-order valence-electron chi connectivity index (χ1n) is 3.63. The van der Waals surface area contributed by atoms with Gasteiger partial charge in [-0.2, -0.15) is 0 Å². The summed E-state index contributed by atoms with van der Waals surface area (Å²) < 4.78 is 15.5. The zero-order valence-corrected chi connectivity index (χ0v) is 8.33. The smallest absolute Gasteiger partial charge is 0.172 e. The molecule has 0 aromatic carbocycles. The van der Waals surface area contributed by atoms with E-state index in [1.165, 1.54) is 0 Å². The van der Waals surface area contributed by atoms with E-state index < -0.39 is 0 Å². The summed E-state index contributed by atoms with van der Waals surface area (Å²) in [7, 11) is 3.28. The molecule has 0 bridgehead atoms. The van der Waals surface area contributed by atoms with Crippen LogP contribution in [0.25, 0.3) is 0 Å². The third-order valence-corrected chi connectivity index (χ3v) is 2.64. The lowest BCUT2D eigenvalue weighted by molar-refractivity contribution is -0.247. The quantitative estimate of drug-likeness (QED) is 0.666. The van der Waals surface area contributed by atoms with Crippen molar-refractivity contribution < 1.29 is 14.2 Å². The molecule has 1 fully saturated rings. The lowest BCUT2D eigenvalue weighted by Crippen LogP contribution is -2.37. The van der Waals surface area contributed by atoms with Gasteiger partial charge in [0.1, 0.15) is 0 Å². The van der Waals surface area contributed by atoms with Crippen molar-refractivity contribution in [3.8, 4) is 0 Å². The Morgan fingerprint density at radius 1 is 1.27 bits per heavy atom. The van der Waals surface area contributed by atoms with Crippen LogP contribution in [0.5, 0.6) is 0 Å². The van der Waals surface area contributed by atoms with Crippen molar-refractivity contribution in [3.05, 3.63) is 0 Å². The molecular weight excluding hydrogens is 212 g/mol. The highest BCUT2D eigenvalue weighted by Crippen LogP contribution is 2.25. The highest BCUT2D eigenvalue weighted by atomic mass is 79.9. The second-order valence-corrected chi connectivity index (χ2v) is 3.67. The highest BCUT2D eigenvalue weighted by Gasteiger charge is 2.29. The van der Waals surface area contributed by atoms with Gasteiger partial charge in [0.15, 0.2) is 12.6 Å². The van der Waals surface area contributed by atoms with E-state index in [-0.39, 0.29) is 12.6 Å². The lowest BCUT2D eigenvalue weighted by atomic mass is 10.2. The topological polar surface area (TPSA) is 27.7 Å². The minimum absolute atomic E-state index is 0.103.